The van der Waals surface area contributed by atoms with E-state index in [-0.39, 0.29) is 30.2 Å². The fourth-order valence-electron chi connectivity index (χ4n) is 4.44. The predicted molar refractivity (Wildman–Crippen MR) is 117 cm³/mol. The molecule has 7 heteroatoms. The van der Waals surface area contributed by atoms with Crippen LogP contribution in [-0.2, 0) is 14.4 Å². The smallest absolute Gasteiger partial charge is 0.326 e. The van der Waals surface area contributed by atoms with Gasteiger partial charge in [-0.05, 0) is 71.4 Å². The summed E-state index contributed by atoms with van der Waals surface area (Å²) in [6, 6.07) is -1.03. The molecule has 2 aliphatic rings. The molecular formula is C23H41N3O4. The number of piperidine rings is 2. The molecule has 1 spiro atoms. The first-order valence-electron chi connectivity index (χ1n) is 11.3. The van der Waals surface area contributed by atoms with Gasteiger partial charge >= 0.3 is 5.97 Å². The molecule has 2 saturated heterocycles. The van der Waals surface area contributed by atoms with Crippen LogP contribution in [0.4, 0.5) is 0 Å². The maximum atomic E-state index is 12.7. The predicted octanol–water partition coefficient (Wildman–Crippen LogP) is 2.89. The van der Waals surface area contributed by atoms with Crippen molar-refractivity contribution in [1.29, 1.82) is 0 Å². The third kappa shape index (κ3) is 6.43. The quantitative estimate of drug-likeness (QED) is 0.710. The van der Waals surface area contributed by atoms with E-state index < -0.39 is 17.4 Å². The first-order chi connectivity index (χ1) is 13.7. The molecule has 0 radical (unpaired) electrons. The van der Waals surface area contributed by atoms with Crippen LogP contribution in [0.1, 0.15) is 80.1 Å². The Balaban J connectivity index is 1.81. The van der Waals surface area contributed by atoms with E-state index in [1.165, 1.54) is 12.8 Å². The van der Waals surface area contributed by atoms with Crippen molar-refractivity contribution in [2.75, 3.05) is 26.2 Å². The summed E-state index contributed by atoms with van der Waals surface area (Å²) >= 11 is 0. The van der Waals surface area contributed by atoms with Crippen molar-refractivity contribution in [2.24, 2.45) is 10.8 Å². The van der Waals surface area contributed by atoms with E-state index in [0.29, 0.717) is 5.41 Å². The summed E-state index contributed by atoms with van der Waals surface area (Å²) in [4.78, 5) is 40.7. The number of carboxylic acid groups (broad SMARTS) is 1. The lowest BCUT2D eigenvalue weighted by Gasteiger charge is -2.50. The molecule has 2 N–H and O–H groups in total. The zero-order valence-corrected chi connectivity index (χ0v) is 19.7. The number of aliphatic carboxylic acids is 1. The van der Waals surface area contributed by atoms with Gasteiger partial charge in [-0.25, -0.2) is 4.79 Å². The Hall–Kier alpha value is -1.63. The van der Waals surface area contributed by atoms with Crippen molar-refractivity contribution in [3.05, 3.63) is 0 Å². The van der Waals surface area contributed by atoms with E-state index in [0.717, 1.165) is 39.0 Å². The van der Waals surface area contributed by atoms with Gasteiger partial charge in [0.15, 0.2) is 0 Å². The number of nitrogens with one attached hydrogen (secondary N) is 1. The van der Waals surface area contributed by atoms with Crippen LogP contribution >= 0.6 is 0 Å². The van der Waals surface area contributed by atoms with Crippen LogP contribution in [0.5, 0.6) is 0 Å². The first-order valence-corrected chi connectivity index (χ1v) is 11.3. The third-order valence-electron chi connectivity index (χ3n) is 6.88. The molecule has 1 atom stereocenters. The van der Waals surface area contributed by atoms with Crippen molar-refractivity contribution in [3.63, 3.8) is 0 Å². The van der Waals surface area contributed by atoms with Gasteiger partial charge in [0.2, 0.25) is 11.8 Å². The number of hydrogen-bond donors (Lipinski definition) is 2. The lowest BCUT2D eigenvalue weighted by molar-refractivity contribution is -0.144. The molecule has 2 fully saturated rings. The van der Waals surface area contributed by atoms with Crippen LogP contribution in [0.25, 0.3) is 0 Å². The largest absolute Gasteiger partial charge is 0.480 e. The molecular weight excluding hydrogens is 382 g/mol. The van der Waals surface area contributed by atoms with Crippen LogP contribution in [0.3, 0.4) is 0 Å². The molecule has 7 nitrogen and oxygen atoms in total. The van der Waals surface area contributed by atoms with Gasteiger partial charge in [-0.15, -0.1) is 0 Å². The summed E-state index contributed by atoms with van der Waals surface area (Å²) in [6.45, 7) is 15.7. The van der Waals surface area contributed by atoms with Gasteiger partial charge in [0.05, 0.1) is 0 Å². The summed E-state index contributed by atoms with van der Waals surface area (Å²) in [5.74, 6) is -1.42. The fraction of sp³-hybridized carbons (Fsp3) is 0.870. The standard InChI is InChI=1S/C23H41N3O4/c1-21(2,3)20(30)24-17(19(28)29)7-8-18(27)25-13-9-23(10-14-25)11-15-26(16-12-23)22(4,5)6/h17H,7-16H2,1-6H3,(H,24,30)(H,28,29)/t17-/m0/s1. The number of amides is 2. The van der Waals surface area contributed by atoms with Crippen molar-refractivity contribution < 1.29 is 19.5 Å². The van der Waals surface area contributed by atoms with Gasteiger partial charge in [0, 0.05) is 30.5 Å². The van der Waals surface area contributed by atoms with Crippen LogP contribution in [0, 0.1) is 10.8 Å². The number of carbonyl (C=O) groups is 3. The first kappa shape index (κ1) is 24.6. The summed E-state index contributed by atoms with van der Waals surface area (Å²) in [7, 11) is 0. The number of hydrogen-bond acceptors (Lipinski definition) is 4. The summed E-state index contributed by atoms with van der Waals surface area (Å²) < 4.78 is 0. The second-order valence-electron chi connectivity index (χ2n) is 11.2. The monoisotopic (exact) mass is 423 g/mol. The zero-order chi connectivity index (χ0) is 22.7. The van der Waals surface area contributed by atoms with Gasteiger partial charge in [0.1, 0.15) is 6.04 Å². The van der Waals surface area contributed by atoms with Crippen LogP contribution < -0.4 is 5.32 Å². The molecule has 0 aromatic heterocycles. The topological polar surface area (TPSA) is 90.0 Å². The second-order valence-corrected chi connectivity index (χ2v) is 11.2. The lowest BCUT2D eigenvalue weighted by atomic mass is 9.70. The lowest BCUT2D eigenvalue weighted by Crippen LogP contribution is -2.52. The minimum absolute atomic E-state index is 0.00626. The minimum Gasteiger partial charge on any atom is -0.480 e. The van der Waals surface area contributed by atoms with Gasteiger partial charge in [-0.1, -0.05) is 20.8 Å². The van der Waals surface area contributed by atoms with Crippen LogP contribution in [0.2, 0.25) is 0 Å². The molecule has 2 aliphatic heterocycles. The van der Waals surface area contributed by atoms with Gasteiger partial charge in [-0.2, -0.15) is 0 Å². The Bertz CT molecular complexity index is 630. The van der Waals surface area contributed by atoms with Crippen LogP contribution in [0.15, 0.2) is 0 Å². The summed E-state index contributed by atoms with van der Waals surface area (Å²) in [6.07, 6.45) is 4.70. The van der Waals surface area contributed by atoms with E-state index in [2.05, 4.69) is 31.0 Å². The molecule has 0 aliphatic carbocycles. The van der Waals surface area contributed by atoms with E-state index in [9.17, 15) is 19.5 Å². The Morgan fingerprint density at radius 1 is 0.933 bits per heavy atom. The van der Waals surface area contributed by atoms with E-state index in [1.807, 2.05) is 4.90 Å². The van der Waals surface area contributed by atoms with Gasteiger partial charge in [-0.3, -0.25) is 14.5 Å². The van der Waals surface area contributed by atoms with Gasteiger partial charge in [0.25, 0.3) is 0 Å². The Morgan fingerprint density at radius 3 is 1.87 bits per heavy atom. The highest BCUT2D eigenvalue weighted by atomic mass is 16.4. The highest BCUT2D eigenvalue weighted by Crippen LogP contribution is 2.42. The van der Waals surface area contributed by atoms with Crippen molar-refractivity contribution in [2.45, 2.75) is 91.6 Å². The molecule has 0 aromatic rings. The highest BCUT2D eigenvalue weighted by Gasteiger charge is 2.40. The van der Waals surface area contributed by atoms with E-state index in [4.69, 9.17) is 0 Å². The summed E-state index contributed by atoms with van der Waals surface area (Å²) in [5.41, 5.74) is -0.106. The molecule has 0 bridgehead atoms. The van der Waals surface area contributed by atoms with Crippen molar-refractivity contribution in [3.8, 4) is 0 Å². The number of carbonyl (C=O) groups excluding carboxylic acids is 2. The van der Waals surface area contributed by atoms with Crippen LogP contribution in [-0.4, -0.2) is 70.4 Å². The third-order valence-corrected chi connectivity index (χ3v) is 6.88. The van der Waals surface area contributed by atoms with E-state index in [1.54, 1.807) is 20.8 Å². The Kier molecular flexibility index (Phi) is 7.59. The second kappa shape index (κ2) is 9.25. The fourth-order valence-corrected chi connectivity index (χ4v) is 4.44. The number of rotatable bonds is 5. The minimum atomic E-state index is -1.09. The van der Waals surface area contributed by atoms with Gasteiger partial charge < -0.3 is 15.3 Å². The highest BCUT2D eigenvalue weighted by molar-refractivity contribution is 5.87. The maximum Gasteiger partial charge on any atom is 0.326 e. The van der Waals surface area contributed by atoms with E-state index >= 15 is 0 Å². The SMILES string of the molecule is CC(C)(C)C(=O)N[C@@H](CCC(=O)N1CCC2(CC1)CCN(C(C)(C)C)CC2)C(=O)O. The zero-order valence-electron chi connectivity index (χ0n) is 19.7. The molecule has 0 saturated carbocycles. The molecule has 30 heavy (non-hydrogen) atoms. The number of carboxylic acids is 1. The Labute approximate surface area is 181 Å². The molecule has 2 heterocycles. The summed E-state index contributed by atoms with van der Waals surface area (Å²) in [5, 5.41) is 12.0. The molecule has 0 unspecified atom stereocenters. The maximum absolute atomic E-state index is 12.7. The normalized spacial score (nSPS) is 21.3. The average molecular weight is 424 g/mol. The van der Waals surface area contributed by atoms with Crippen molar-refractivity contribution >= 4 is 17.8 Å². The Morgan fingerprint density at radius 2 is 1.43 bits per heavy atom. The number of likely N-dealkylation sites (tertiary alicyclic amines) is 2. The molecule has 2 amide bonds. The van der Waals surface area contributed by atoms with Crippen molar-refractivity contribution in [1.82, 2.24) is 15.1 Å². The number of nitrogens with zero attached hydrogens (tertiary/aromatic N) is 2. The molecule has 2 rings (SSSR count). The average Bonchev–Trinajstić information content (AvgIpc) is 2.63. The molecule has 0 aromatic carbocycles. The molecule has 172 valence electrons.